The van der Waals surface area contributed by atoms with Gasteiger partial charge in [0.1, 0.15) is 0 Å². The van der Waals surface area contributed by atoms with Gasteiger partial charge in [0.15, 0.2) is 0 Å². The zero-order valence-electron chi connectivity index (χ0n) is 10.2. The summed E-state index contributed by atoms with van der Waals surface area (Å²) in [5.74, 6) is -1.26. The zero-order chi connectivity index (χ0) is 16.2. The van der Waals surface area contributed by atoms with Crippen LogP contribution in [0.3, 0.4) is 0 Å². The molecule has 0 radical (unpaired) electrons. The summed E-state index contributed by atoms with van der Waals surface area (Å²) >= 11 is 11.5. The second-order valence-electron chi connectivity index (χ2n) is 3.87. The number of carbonyl (C=O) groups is 2. The van der Waals surface area contributed by atoms with Gasteiger partial charge in [-0.25, -0.2) is 9.59 Å². The molecule has 1 aromatic rings. The molecule has 0 atom stereocenters. The number of aromatic carboxylic acids is 1. The van der Waals surface area contributed by atoms with Gasteiger partial charge in [-0.15, -0.1) is 0 Å². The third-order valence-electron chi connectivity index (χ3n) is 2.22. The van der Waals surface area contributed by atoms with Gasteiger partial charge in [0.05, 0.1) is 27.7 Å². The first-order chi connectivity index (χ1) is 9.60. The van der Waals surface area contributed by atoms with Crippen LogP contribution in [-0.2, 0) is 0 Å². The lowest BCUT2D eigenvalue weighted by molar-refractivity contribution is -0.132. The van der Waals surface area contributed by atoms with Gasteiger partial charge in [-0.05, 0) is 12.1 Å². The van der Waals surface area contributed by atoms with Crippen molar-refractivity contribution in [2.75, 3.05) is 11.9 Å². The molecule has 0 aromatic heterocycles. The lowest BCUT2D eigenvalue weighted by atomic mass is 10.2. The van der Waals surface area contributed by atoms with Gasteiger partial charge in [-0.2, -0.15) is 13.2 Å². The number of carboxylic acid groups (broad SMARTS) is 1. The number of hydrogen-bond donors (Lipinski definition) is 3. The van der Waals surface area contributed by atoms with Crippen molar-refractivity contribution in [2.24, 2.45) is 0 Å². The molecule has 2 amide bonds. The van der Waals surface area contributed by atoms with Gasteiger partial charge in [-0.1, -0.05) is 23.2 Å². The Morgan fingerprint density at radius 1 is 1.19 bits per heavy atom. The van der Waals surface area contributed by atoms with E-state index in [2.05, 4.69) is 5.32 Å². The molecule has 21 heavy (non-hydrogen) atoms. The zero-order valence-corrected chi connectivity index (χ0v) is 11.7. The summed E-state index contributed by atoms with van der Waals surface area (Å²) in [6, 6.07) is 1.17. The first-order valence-corrected chi connectivity index (χ1v) is 6.19. The van der Waals surface area contributed by atoms with Crippen LogP contribution in [0.1, 0.15) is 16.8 Å². The molecular weight excluding hydrogens is 336 g/mol. The van der Waals surface area contributed by atoms with Crippen molar-refractivity contribution in [2.45, 2.75) is 12.6 Å². The normalized spacial score (nSPS) is 11.1. The minimum absolute atomic E-state index is 0.0900. The molecule has 5 nitrogen and oxygen atoms in total. The molecule has 0 unspecified atom stereocenters. The minimum Gasteiger partial charge on any atom is -0.478 e. The SMILES string of the molecule is O=C(NCCC(F)(F)F)Nc1c(Cl)cc(C(=O)O)cc1Cl. The fourth-order valence-electron chi connectivity index (χ4n) is 1.29. The van der Waals surface area contributed by atoms with E-state index in [0.717, 1.165) is 12.1 Å². The number of carboxylic acids is 1. The average molecular weight is 345 g/mol. The van der Waals surface area contributed by atoms with E-state index in [9.17, 15) is 22.8 Å². The number of urea groups is 1. The third kappa shape index (κ3) is 5.68. The number of anilines is 1. The highest BCUT2D eigenvalue weighted by Gasteiger charge is 2.26. The maximum atomic E-state index is 11.9. The van der Waals surface area contributed by atoms with Gasteiger partial charge in [-0.3, -0.25) is 0 Å². The molecule has 0 aliphatic heterocycles. The summed E-state index contributed by atoms with van der Waals surface area (Å²) in [6.45, 7) is -0.613. The fourth-order valence-corrected chi connectivity index (χ4v) is 1.87. The molecule has 3 N–H and O–H groups in total. The van der Waals surface area contributed by atoms with Crippen LogP contribution in [0.15, 0.2) is 12.1 Å². The number of amides is 2. The molecule has 116 valence electrons. The van der Waals surface area contributed by atoms with Crippen molar-refractivity contribution in [1.29, 1.82) is 0 Å². The molecule has 0 fully saturated rings. The average Bonchev–Trinajstić information content (AvgIpc) is 2.31. The molecule has 0 bridgehead atoms. The number of benzene rings is 1. The second kappa shape index (κ2) is 6.86. The van der Waals surface area contributed by atoms with Crippen LogP contribution in [0.2, 0.25) is 10.0 Å². The Hall–Kier alpha value is -1.67. The van der Waals surface area contributed by atoms with E-state index in [0.29, 0.717) is 0 Å². The van der Waals surface area contributed by atoms with Crippen LogP contribution >= 0.6 is 23.2 Å². The van der Waals surface area contributed by atoms with Crippen LogP contribution in [-0.4, -0.2) is 29.8 Å². The van der Waals surface area contributed by atoms with Gasteiger partial charge in [0.2, 0.25) is 0 Å². The molecular formula is C11H9Cl2F3N2O3. The Morgan fingerprint density at radius 2 is 1.71 bits per heavy atom. The van der Waals surface area contributed by atoms with E-state index in [1.54, 1.807) is 0 Å². The van der Waals surface area contributed by atoms with E-state index in [1.807, 2.05) is 5.32 Å². The molecule has 0 spiro atoms. The molecule has 10 heteroatoms. The van der Waals surface area contributed by atoms with Crippen molar-refractivity contribution in [3.05, 3.63) is 27.7 Å². The molecule has 0 heterocycles. The van der Waals surface area contributed by atoms with E-state index in [4.69, 9.17) is 28.3 Å². The molecule has 1 rings (SSSR count). The summed E-state index contributed by atoms with van der Waals surface area (Å²) in [7, 11) is 0. The second-order valence-corrected chi connectivity index (χ2v) is 4.68. The highest BCUT2D eigenvalue weighted by atomic mass is 35.5. The predicted molar refractivity (Wildman–Crippen MR) is 71.1 cm³/mol. The monoisotopic (exact) mass is 344 g/mol. The summed E-state index contributed by atoms with van der Waals surface area (Å²) in [5, 5.41) is 12.6. The van der Waals surface area contributed by atoms with Gasteiger partial charge in [0.25, 0.3) is 0 Å². The van der Waals surface area contributed by atoms with Crippen LogP contribution in [0, 0.1) is 0 Å². The lowest BCUT2D eigenvalue weighted by Gasteiger charge is -2.12. The number of carbonyl (C=O) groups excluding carboxylic acids is 1. The number of rotatable bonds is 4. The van der Waals surface area contributed by atoms with Crippen molar-refractivity contribution in [3.63, 3.8) is 0 Å². The lowest BCUT2D eigenvalue weighted by Crippen LogP contribution is -2.32. The number of alkyl halides is 3. The molecule has 0 aliphatic rings. The van der Waals surface area contributed by atoms with Crippen LogP contribution in [0.4, 0.5) is 23.7 Å². The quantitative estimate of drug-likeness (QED) is 0.777. The first kappa shape index (κ1) is 17.4. The Bertz CT molecular complexity index is 541. The summed E-state index contributed by atoms with van der Waals surface area (Å²) in [5.41, 5.74) is -0.277. The Morgan fingerprint density at radius 3 is 2.14 bits per heavy atom. The molecule has 1 aromatic carbocycles. The van der Waals surface area contributed by atoms with Crippen molar-refractivity contribution < 1.29 is 27.9 Å². The van der Waals surface area contributed by atoms with E-state index >= 15 is 0 Å². The Kier molecular flexibility index (Phi) is 5.68. The highest BCUT2D eigenvalue weighted by molar-refractivity contribution is 6.40. The number of hydrogen-bond acceptors (Lipinski definition) is 2. The maximum absolute atomic E-state index is 11.9. The van der Waals surface area contributed by atoms with Crippen LogP contribution in [0.25, 0.3) is 0 Å². The predicted octanol–water partition coefficient (Wildman–Crippen LogP) is 3.77. The molecule has 0 saturated heterocycles. The van der Waals surface area contributed by atoms with E-state index in [1.165, 1.54) is 0 Å². The summed E-state index contributed by atoms with van der Waals surface area (Å²) < 4.78 is 35.7. The maximum Gasteiger partial charge on any atom is 0.390 e. The number of nitrogens with one attached hydrogen (secondary N) is 2. The summed E-state index contributed by atoms with van der Waals surface area (Å²) in [4.78, 5) is 22.1. The van der Waals surface area contributed by atoms with Gasteiger partial charge in [0, 0.05) is 6.54 Å². The Labute approximate surface area is 127 Å². The third-order valence-corrected chi connectivity index (χ3v) is 2.82. The minimum atomic E-state index is -4.38. The van der Waals surface area contributed by atoms with Crippen molar-refractivity contribution in [1.82, 2.24) is 5.32 Å². The van der Waals surface area contributed by atoms with E-state index < -0.39 is 31.1 Å². The van der Waals surface area contributed by atoms with Crippen molar-refractivity contribution in [3.8, 4) is 0 Å². The van der Waals surface area contributed by atoms with E-state index in [-0.39, 0.29) is 21.3 Å². The topological polar surface area (TPSA) is 78.4 Å². The highest BCUT2D eigenvalue weighted by Crippen LogP contribution is 2.31. The first-order valence-electron chi connectivity index (χ1n) is 5.44. The van der Waals surface area contributed by atoms with Gasteiger partial charge < -0.3 is 15.7 Å². The Balaban J connectivity index is 2.71. The summed E-state index contributed by atoms with van der Waals surface area (Å²) in [6.07, 6.45) is -5.56. The van der Waals surface area contributed by atoms with Crippen LogP contribution < -0.4 is 10.6 Å². The number of halogens is 5. The van der Waals surface area contributed by atoms with Gasteiger partial charge >= 0.3 is 18.2 Å². The smallest absolute Gasteiger partial charge is 0.390 e. The molecule has 0 aliphatic carbocycles. The fraction of sp³-hybridized carbons (Fsp3) is 0.273. The van der Waals surface area contributed by atoms with Crippen LogP contribution in [0.5, 0.6) is 0 Å². The largest absolute Gasteiger partial charge is 0.478 e. The molecule has 0 saturated carbocycles. The standard InChI is InChI=1S/C11H9Cl2F3N2O3/c12-6-3-5(9(19)20)4-7(13)8(6)18-10(21)17-2-1-11(14,15)16/h3-4H,1-2H2,(H,19,20)(H2,17,18,21). The van der Waals surface area contributed by atoms with Crippen molar-refractivity contribution >= 4 is 40.9 Å².